The Morgan fingerprint density at radius 3 is 1.81 bits per heavy atom. The SMILES string of the molecule is c1ccc(-c2cc(-c3cc4c(c5sccc35)-c3ccccc3C43c4ccccc4Oc4ccccc43)nc(-c3ccccc3)n2)cc1. The van der Waals surface area contributed by atoms with Crippen LogP contribution < -0.4 is 4.74 Å². The first-order valence-electron chi connectivity index (χ1n) is 15.8. The summed E-state index contributed by atoms with van der Waals surface area (Å²) in [5.74, 6) is 2.49. The summed E-state index contributed by atoms with van der Waals surface area (Å²) in [5, 5.41) is 3.41. The molecule has 0 bridgehead atoms. The van der Waals surface area contributed by atoms with Crippen molar-refractivity contribution in [1.82, 2.24) is 9.97 Å². The summed E-state index contributed by atoms with van der Waals surface area (Å²) in [5.41, 5.74) is 11.8. The molecule has 2 aliphatic rings. The maximum absolute atomic E-state index is 6.59. The summed E-state index contributed by atoms with van der Waals surface area (Å²) < 4.78 is 7.86. The van der Waals surface area contributed by atoms with Crippen LogP contribution >= 0.6 is 11.3 Å². The minimum Gasteiger partial charge on any atom is -0.457 e. The molecule has 0 atom stereocenters. The molecule has 0 unspecified atom stereocenters. The van der Waals surface area contributed by atoms with Crippen LogP contribution in [0.1, 0.15) is 22.3 Å². The number of nitrogens with zero attached hydrogens (tertiary/aromatic N) is 2. The van der Waals surface area contributed by atoms with E-state index in [1.54, 1.807) is 11.3 Å². The molecule has 0 saturated carbocycles. The van der Waals surface area contributed by atoms with Crippen molar-refractivity contribution in [2.45, 2.75) is 5.41 Å². The molecular formula is C43H26N2OS. The number of para-hydroxylation sites is 2. The number of thiophene rings is 1. The van der Waals surface area contributed by atoms with Crippen molar-refractivity contribution in [2.24, 2.45) is 0 Å². The van der Waals surface area contributed by atoms with Crippen molar-refractivity contribution in [3.05, 3.63) is 179 Å². The molecule has 3 nitrogen and oxygen atoms in total. The van der Waals surface area contributed by atoms with Crippen LogP contribution in [0.15, 0.2) is 157 Å². The fourth-order valence-corrected chi connectivity index (χ4v) is 8.70. The van der Waals surface area contributed by atoms with Crippen molar-refractivity contribution in [3.63, 3.8) is 0 Å². The third-order valence-electron chi connectivity index (χ3n) is 9.65. The Hall–Kier alpha value is -5.84. The largest absolute Gasteiger partial charge is 0.457 e. The van der Waals surface area contributed by atoms with Gasteiger partial charge in [-0.15, -0.1) is 11.3 Å². The zero-order chi connectivity index (χ0) is 31.0. The molecule has 0 amide bonds. The number of hydrogen-bond acceptors (Lipinski definition) is 4. The van der Waals surface area contributed by atoms with E-state index in [1.165, 1.54) is 32.3 Å². The van der Waals surface area contributed by atoms with Gasteiger partial charge < -0.3 is 4.74 Å². The molecule has 0 radical (unpaired) electrons. The van der Waals surface area contributed by atoms with E-state index in [0.29, 0.717) is 5.82 Å². The molecule has 47 heavy (non-hydrogen) atoms. The Bertz CT molecular complexity index is 2400. The summed E-state index contributed by atoms with van der Waals surface area (Å²) in [6.07, 6.45) is 0. The monoisotopic (exact) mass is 618 g/mol. The van der Waals surface area contributed by atoms with Gasteiger partial charge in [0.05, 0.1) is 16.8 Å². The molecule has 0 fully saturated rings. The molecule has 1 spiro atoms. The number of rotatable bonds is 3. The standard InChI is InChI=1S/C43H26N2OS/c1-3-13-27(14-4-1)36-26-37(45-42(44-36)28-15-5-2-6-16-28)31-25-35-40(41-29(31)23-24-47-41)30-17-7-8-18-32(30)43(35)33-19-9-11-21-38(33)46-39-22-12-10-20-34(39)43/h1-26H. The average Bonchev–Trinajstić information content (AvgIpc) is 3.74. The van der Waals surface area contributed by atoms with Gasteiger partial charge in [-0.3, -0.25) is 0 Å². The van der Waals surface area contributed by atoms with Gasteiger partial charge in [0.2, 0.25) is 0 Å². The van der Waals surface area contributed by atoms with E-state index in [4.69, 9.17) is 14.7 Å². The van der Waals surface area contributed by atoms with Crippen molar-refractivity contribution >= 4 is 21.4 Å². The van der Waals surface area contributed by atoms with Crippen LogP contribution in [-0.4, -0.2) is 9.97 Å². The van der Waals surface area contributed by atoms with Gasteiger partial charge in [0.15, 0.2) is 5.82 Å². The lowest BCUT2D eigenvalue weighted by Crippen LogP contribution is -2.32. The second-order valence-corrected chi connectivity index (χ2v) is 13.0. The van der Waals surface area contributed by atoms with E-state index in [1.807, 2.05) is 24.3 Å². The van der Waals surface area contributed by atoms with Gasteiger partial charge in [-0.25, -0.2) is 9.97 Å². The first-order chi connectivity index (χ1) is 23.3. The van der Waals surface area contributed by atoms with Crippen molar-refractivity contribution in [3.8, 4) is 56.5 Å². The van der Waals surface area contributed by atoms with E-state index in [9.17, 15) is 0 Å². The Labute approximate surface area is 276 Å². The molecule has 2 aromatic heterocycles. The Balaban J connectivity index is 1.33. The zero-order valence-corrected chi connectivity index (χ0v) is 26.0. The molecule has 220 valence electrons. The summed E-state index contributed by atoms with van der Waals surface area (Å²) in [6.45, 7) is 0. The molecular weight excluding hydrogens is 593 g/mol. The minimum atomic E-state index is -0.554. The van der Waals surface area contributed by atoms with Crippen LogP contribution in [-0.2, 0) is 5.41 Å². The molecule has 1 aliphatic heterocycles. The lowest BCUT2D eigenvalue weighted by molar-refractivity contribution is 0.436. The van der Waals surface area contributed by atoms with Gasteiger partial charge in [0, 0.05) is 43.5 Å². The van der Waals surface area contributed by atoms with Gasteiger partial charge in [-0.05, 0) is 52.4 Å². The molecule has 0 N–H and O–H groups in total. The average molecular weight is 619 g/mol. The molecule has 1 aliphatic carbocycles. The molecule has 6 aromatic carbocycles. The van der Waals surface area contributed by atoms with Crippen LogP contribution in [0.3, 0.4) is 0 Å². The van der Waals surface area contributed by atoms with Crippen LogP contribution in [0.5, 0.6) is 11.5 Å². The highest BCUT2D eigenvalue weighted by Gasteiger charge is 2.51. The first-order valence-corrected chi connectivity index (χ1v) is 16.7. The minimum absolute atomic E-state index is 0.554. The predicted molar refractivity (Wildman–Crippen MR) is 191 cm³/mol. The van der Waals surface area contributed by atoms with E-state index < -0.39 is 5.41 Å². The highest BCUT2D eigenvalue weighted by Crippen LogP contribution is 2.64. The van der Waals surface area contributed by atoms with Crippen LogP contribution in [0, 0.1) is 0 Å². The summed E-state index contributed by atoms with van der Waals surface area (Å²) >= 11 is 1.80. The Kier molecular flexibility index (Phi) is 5.66. The number of fused-ring (bicyclic) bond motifs is 11. The second-order valence-electron chi connectivity index (χ2n) is 12.1. The van der Waals surface area contributed by atoms with E-state index in [0.717, 1.165) is 50.7 Å². The number of benzene rings is 6. The van der Waals surface area contributed by atoms with Crippen molar-refractivity contribution in [2.75, 3.05) is 0 Å². The quantitative estimate of drug-likeness (QED) is 0.198. The Morgan fingerprint density at radius 1 is 0.489 bits per heavy atom. The number of ether oxygens (including phenoxy) is 1. The van der Waals surface area contributed by atoms with Crippen LogP contribution in [0.4, 0.5) is 0 Å². The fraction of sp³-hybridized carbons (Fsp3) is 0.0233. The first kappa shape index (κ1) is 26.4. The maximum Gasteiger partial charge on any atom is 0.160 e. The summed E-state index contributed by atoms with van der Waals surface area (Å²) in [7, 11) is 0. The zero-order valence-electron chi connectivity index (χ0n) is 25.2. The highest BCUT2D eigenvalue weighted by atomic mass is 32.1. The second kappa shape index (κ2) is 10.1. The van der Waals surface area contributed by atoms with Gasteiger partial charge in [-0.2, -0.15) is 0 Å². The van der Waals surface area contributed by atoms with E-state index in [2.05, 4.69) is 133 Å². The van der Waals surface area contributed by atoms with E-state index in [-0.39, 0.29) is 0 Å². The lowest BCUT2D eigenvalue weighted by atomic mass is 9.66. The molecule has 8 aromatic rings. The van der Waals surface area contributed by atoms with Gasteiger partial charge in [0.1, 0.15) is 11.5 Å². The summed E-state index contributed by atoms with van der Waals surface area (Å²) in [4.78, 5) is 10.4. The normalized spacial score (nSPS) is 13.4. The number of aromatic nitrogens is 2. The lowest BCUT2D eigenvalue weighted by Gasteiger charge is -2.39. The smallest absolute Gasteiger partial charge is 0.160 e. The third kappa shape index (κ3) is 3.73. The van der Waals surface area contributed by atoms with Crippen molar-refractivity contribution < 1.29 is 4.74 Å². The van der Waals surface area contributed by atoms with Crippen LogP contribution in [0.25, 0.3) is 55.1 Å². The molecule has 3 heterocycles. The third-order valence-corrected chi connectivity index (χ3v) is 10.6. The molecule has 0 saturated heterocycles. The Morgan fingerprint density at radius 2 is 1.09 bits per heavy atom. The topological polar surface area (TPSA) is 35.0 Å². The van der Waals surface area contributed by atoms with Gasteiger partial charge in [0.25, 0.3) is 0 Å². The summed E-state index contributed by atoms with van der Waals surface area (Å²) in [6, 6.07) is 53.5. The fourth-order valence-electron chi connectivity index (χ4n) is 7.71. The molecule has 10 rings (SSSR count). The van der Waals surface area contributed by atoms with E-state index >= 15 is 0 Å². The van der Waals surface area contributed by atoms with Crippen LogP contribution in [0.2, 0.25) is 0 Å². The predicted octanol–water partition coefficient (Wildman–Crippen LogP) is 11.2. The number of hydrogen-bond donors (Lipinski definition) is 0. The van der Waals surface area contributed by atoms with Crippen molar-refractivity contribution in [1.29, 1.82) is 0 Å². The maximum atomic E-state index is 6.59. The molecule has 4 heteroatoms. The van der Waals surface area contributed by atoms with Gasteiger partial charge >= 0.3 is 0 Å². The van der Waals surface area contributed by atoms with Gasteiger partial charge in [-0.1, -0.05) is 121 Å². The highest BCUT2D eigenvalue weighted by molar-refractivity contribution is 7.18.